The molecule has 1 N–H and O–H groups in total. The molecule has 0 amide bonds. The van der Waals surface area contributed by atoms with E-state index in [1.807, 2.05) is 72.1 Å². The van der Waals surface area contributed by atoms with Gasteiger partial charge in [0.15, 0.2) is 11.6 Å². The van der Waals surface area contributed by atoms with Crippen molar-refractivity contribution >= 4 is 33.6 Å². The molecule has 0 spiro atoms. The third kappa shape index (κ3) is 4.36. The number of benzene rings is 2. The van der Waals surface area contributed by atoms with Crippen LogP contribution in [0.4, 0.5) is 5.82 Å². The zero-order valence-electron chi connectivity index (χ0n) is 18.2. The molecule has 0 atom stereocenters. The zero-order valence-corrected chi connectivity index (χ0v) is 19.0. The molecule has 0 bridgehead atoms. The van der Waals surface area contributed by atoms with E-state index in [2.05, 4.69) is 10.5 Å². The number of rotatable bonds is 5. The summed E-state index contributed by atoms with van der Waals surface area (Å²) in [5, 5.41) is 5.65. The smallest absolute Gasteiger partial charge is 0.163 e. The van der Waals surface area contributed by atoms with E-state index in [-0.39, 0.29) is 0 Å². The predicted octanol–water partition coefficient (Wildman–Crippen LogP) is 6.47. The Kier molecular flexibility index (Phi) is 6.12. The van der Waals surface area contributed by atoms with Crippen LogP contribution in [0.15, 0.2) is 59.7 Å². The van der Waals surface area contributed by atoms with E-state index in [9.17, 15) is 0 Å². The first-order chi connectivity index (χ1) is 15.8. The fourth-order valence-corrected chi connectivity index (χ4v) is 5.43. The fourth-order valence-electron chi connectivity index (χ4n) is 4.17. The molecule has 0 saturated heterocycles. The number of fused-ring (bicyclic) bond motifs is 3. The minimum Gasteiger partial charge on any atom is -0.497 e. The van der Waals surface area contributed by atoms with Crippen molar-refractivity contribution in [3.05, 3.63) is 70.6 Å². The average Bonchev–Trinajstić information content (AvgIpc) is 3.16. The van der Waals surface area contributed by atoms with Crippen molar-refractivity contribution in [1.82, 2.24) is 9.97 Å². The molecule has 5 rings (SSSR count). The molecule has 0 saturated carbocycles. The van der Waals surface area contributed by atoms with Gasteiger partial charge in [-0.1, -0.05) is 43.2 Å². The van der Waals surface area contributed by atoms with Gasteiger partial charge in [0.05, 0.1) is 18.7 Å². The Morgan fingerprint density at radius 2 is 1.72 bits per heavy atom. The quantitative estimate of drug-likeness (QED) is 0.284. The van der Waals surface area contributed by atoms with Gasteiger partial charge in [0.2, 0.25) is 0 Å². The second-order valence-corrected chi connectivity index (χ2v) is 9.09. The molecule has 4 aromatic rings. The summed E-state index contributed by atoms with van der Waals surface area (Å²) in [6.07, 6.45) is 9.09. The Hall–Kier alpha value is -3.25. The second-order valence-electron chi connectivity index (χ2n) is 8.00. The number of nitrogens with one attached hydrogen (secondary N) is 1. The highest BCUT2D eigenvalue weighted by molar-refractivity contribution is 7.19. The molecule has 6 heteroatoms. The molecule has 0 fully saturated rings. The van der Waals surface area contributed by atoms with Crippen LogP contribution in [0, 0.1) is 0 Å². The molecule has 162 valence electrons. The van der Waals surface area contributed by atoms with Crippen molar-refractivity contribution in [2.24, 2.45) is 5.10 Å². The van der Waals surface area contributed by atoms with Crippen molar-refractivity contribution in [3.8, 4) is 17.1 Å². The van der Waals surface area contributed by atoms with E-state index in [1.165, 1.54) is 36.1 Å². The van der Waals surface area contributed by atoms with E-state index < -0.39 is 0 Å². The summed E-state index contributed by atoms with van der Waals surface area (Å²) in [6.45, 7) is 0. The standard InChI is InChI=1S/C26H26N4OS/c1-31-20-15-13-19(14-16-20)24-28-25(30-27-17-18-9-5-4-6-10-18)23-21-11-7-2-3-8-12-22(21)32-26(23)29-24/h4-6,9-10,13-17H,2-3,7-8,11-12H2,1H3,(H,28,29,30)/b27-17+. The van der Waals surface area contributed by atoms with E-state index in [4.69, 9.17) is 14.7 Å². The van der Waals surface area contributed by atoms with Crippen LogP contribution in [-0.2, 0) is 12.8 Å². The molecule has 2 heterocycles. The normalized spacial score (nSPS) is 14.2. The first kappa shape index (κ1) is 20.6. The van der Waals surface area contributed by atoms with Gasteiger partial charge in [-0.25, -0.2) is 9.97 Å². The lowest BCUT2D eigenvalue weighted by molar-refractivity contribution is 0.415. The zero-order chi connectivity index (χ0) is 21.8. The number of hydrogen-bond acceptors (Lipinski definition) is 6. The summed E-state index contributed by atoms with van der Waals surface area (Å²) in [5.74, 6) is 2.30. The van der Waals surface area contributed by atoms with Gasteiger partial charge in [0.1, 0.15) is 10.6 Å². The number of aryl methyl sites for hydroxylation is 2. The third-order valence-corrected chi connectivity index (χ3v) is 7.03. The van der Waals surface area contributed by atoms with E-state index in [0.29, 0.717) is 5.82 Å². The van der Waals surface area contributed by atoms with Gasteiger partial charge in [0.25, 0.3) is 0 Å². The molecule has 0 aliphatic heterocycles. The topological polar surface area (TPSA) is 59.4 Å². The Balaban J connectivity index is 1.59. The van der Waals surface area contributed by atoms with E-state index in [1.54, 1.807) is 7.11 Å². The van der Waals surface area contributed by atoms with Crippen molar-refractivity contribution in [2.45, 2.75) is 38.5 Å². The predicted molar refractivity (Wildman–Crippen MR) is 133 cm³/mol. The van der Waals surface area contributed by atoms with Gasteiger partial charge < -0.3 is 4.74 Å². The minimum atomic E-state index is 0.701. The largest absolute Gasteiger partial charge is 0.497 e. The number of anilines is 1. The summed E-state index contributed by atoms with van der Waals surface area (Å²) in [4.78, 5) is 12.4. The van der Waals surface area contributed by atoms with Gasteiger partial charge in [-0.15, -0.1) is 11.3 Å². The number of methoxy groups -OCH3 is 1. The van der Waals surface area contributed by atoms with Crippen molar-refractivity contribution in [3.63, 3.8) is 0 Å². The first-order valence-electron chi connectivity index (χ1n) is 11.1. The molecule has 2 aromatic heterocycles. The highest BCUT2D eigenvalue weighted by Crippen LogP contribution is 2.39. The van der Waals surface area contributed by atoms with Crippen molar-refractivity contribution in [1.29, 1.82) is 0 Å². The Labute approximate surface area is 192 Å². The molecule has 1 aliphatic rings. The molecular weight excluding hydrogens is 416 g/mol. The summed E-state index contributed by atoms with van der Waals surface area (Å²) >= 11 is 1.82. The van der Waals surface area contributed by atoms with Crippen LogP contribution in [0.5, 0.6) is 5.75 Å². The van der Waals surface area contributed by atoms with E-state index in [0.717, 1.165) is 45.8 Å². The summed E-state index contributed by atoms with van der Waals surface area (Å²) in [6, 6.07) is 18.0. The summed E-state index contributed by atoms with van der Waals surface area (Å²) in [5.41, 5.74) is 6.65. The molecule has 0 radical (unpaired) electrons. The van der Waals surface area contributed by atoms with Gasteiger partial charge in [0, 0.05) is 10.4 Å². The average molecular weight is 443 g/mol. The SMILES string of the molecule is COc1ccc(-c2nc(N/N=C/c3ccccc3)c3c4c(sc3n2)CCCCCC4)cc1. The Morgan fingerprint density at radius 3 is 2.50 bits per heavy atom. The fraction of sp³-hybridized carbons (Fsp3) is 0.269. The highest BCUT2D eigenvalue weighted by atomic mass is 32.1. The van der Waals surface area contributed by atoms with E-state index >= 15 is 0 Å². The third-order valence-electron chi connectivity index (χ3n) is 5.85. The van der Waals surface area contributed by atoms with Crippen LogP contribution in [0.1, 0.15) is 41.7 Å². The maximum Gasteiger partial charge on any atom is 0.163 e. The maximum absolute atomic E-state index is 5.30. The lowest BCUT2D eigenvalue weighted by Gasteiger charge is -2.11. The number of thiophene rings is 1. The van der Waals surface area contributed by atoms with Crippen LogP contribution in [0.3, 0.4) is 0 Å². The summed E-state index contributed by atoms with van der Waals surface area (Å²) < 4.78 is 5.30. The number of ether oxygens (including phenoxy) is 1. The van der Waals surface area contributed by atoms with Gasteiger partial charge in [-0.3, -0.25) is 5.43 Å². The lowest BCUT2D eigenvalue weighted by atomic mass is 9.98. The van der Waals surface area contributed by atoms with Gasteiger partial charge in [-0.2, -0.15) is 5.10 Å². The number of hydrogen-bond donors (Lipinski definition) is 1. The number of nitrogens with zero attached hydrogens (tertiary/aromatic N) is 3. The monoisotopic (exact) mass is 442 g/mol. The molecule has 0 unspecified atom stereocenters. The lowest BCUT2D eigenvalue weighted by Crippen LogP contribution is -2.01. The van der Waals surface area contributed by atoms with Crippen LogP contribution in [-0.4, -0.2) is 23.3 Å². The maximum atomic E-state index is 5.30. The van der Waals surface area contributed by atoms with Crippen LogP contribution < -0.4 is 10.2 Å². The van der Waals surface area contributed by atoms with Crippen LogP contribution in [0.25, 0.3) is 21.6 Å². The Bertz CT molecular complexity index is 1230. The first-order valence-corrected chi connectivity index (χ1v) is 11.9. The molecule has 1 aliphatic carbocycles. The summed E-state index contributed by atoms with van der Waals surface area (Å²) in [7, 11) is 1.67. The van der Waals surface area contributed by atoms with Crippen molar-refractivity contribution < 1.29 is 4.74 Å². The number of aromatic nitrogens is 2. The van der Waals surface area contributed by atoms with Gasteiger partial charge in [-0.05, 0) is 61.1 Å². The molecular formula is C26H26N4OS. The van der Waals surface area contributed by atoms with Crippen LogP contribution in [0.2, 0.25) is 0 Å². The molecule has 2 aromatic carbocycles. The molecule has 5 nitrogen and oxygen atoms in total. The highest BCUT2D eigenvalue weighted by Gasteiger charge is 2.20. The number of hydrazone groups is 1. The minimum absolute atomic E-state index is 0.701. The van der Waals surface area contributed by atoms with Crippen molar-refractivity contribution in [2.75, 3.05) is 12.5 Å². The van der Waals surface area contributed by atoms with Gasteiger partial charge >= 0.3 is 0 Å². The molecule has 32 heavy (non-hydrogen) atoms. The Morgan fingerprint density at radius 1 is 0.938 bits per heavy atom. The van der Waals surface area contributed by atoms with Crippen LogP contribution >= 0.6 is 11.3 Å². The second kappa shape index (κ2) is 9.49.